The third-order valence-electron chi connectivity index (χ3n) is 4.06. The summed E-state index contributed by atoms with van der Waals surface area (Å²) in [6.45, 7) is 2.54. The van der Waals surface area contributed by atoms with Crippen molar-refractivity contribution in [2.24, 2.45) is 0 Å². The van der Waals surface area contributed by atoms with Crippen LogP contribution in [0.3, 0.4) is 0 Å². The average molecular weight is 312 g/mol. The molecule has 120 valence electrons. The molecule has 3 rings (SSSR count). The third-order valence-corrected chi connectivity index (χ3v) is 4.06. The highest BCUT2D eigenvalue weighted by molar-refractivity contribution is 6.04. The van der Waals surface area contributed by atoms with E-state index in [0.29, 0.717) is 6.54 Å². The van der Waals surface area contributed by atoms with E-state index >= 15 is 0 Å². The first kappa shape index (κ1) is 15.3. The lowest BCUT2D eigenvalue weighted by Crippen LogP contribution is -2.31. The minimum Gasteiger partial charge on any atom is -0.351 e. The number of hydrogen-bond donors (Lipinski definition) is 3. The number of hydrogen-bond acceptors (Lipinski definition) is 3. The van der Waals surface area contributed by atoms with Crippen LogP contribution in [0.1, 0.15) is 57.9 Å². The molecule has 1 aromatic carbocycles. The number of carbonyl (C=O) groups is 2. The second kappa shape index (κ2) is 6.64. The predicted molar refractivity (Wildman–Crippen MR) is 86.2 cm³/mol. The lowest BCUT2D eigenvalue weighted by Gasteiger charge is -2.13. The Kier molecular flexibility index (Phi) is 4.41. The Labute approximate surface area is 134 Å². The number of rotatable bonds is 5. The molecule has 23 heavy (non-hydrogen) atoms. The van der Waals surface area contributed by atoms with E-state index < -0.39 is 0 Å². The van der Waals surface area contributed by atoms with Crippen LogP contribution in [0.4, 0.5) is 0 Å². The highest BCUT2D eigenvalue weighted by atomic mass is 16.2. The number of amides is 2. The van der Waals surface area contributed by atoms with Crippen molar-refractivity contribution in [1.29, 1.82) is 0 Å². The van der Waals surface area contributed by atoms with E-state index in [2.05, 4.69) is 26.7 Å². The monoisotopic (exact) mass is 312 g/mol. The van der Waals surface area contributed by atoms with Crippen LogP contribution in [0, 0.1) is 0 Å². The number of aryl methyl sites for hydroxylation is 1. The molecular formula is C17H20N4O2. The summed E-state index contributed by atoms with van der Waals surface area (Å²) in [5, 5.41) is 5.74. The number of imidazole rings is 1. The summed E-state index contributed by atoms with van der Waals surface area (Å²) in [6, 6.07) is 8.07. The standard InChI is InChI=1S/C17H20N4O2/c1-2-9-18-16(22)14-15(20-10-19-14)17(23)21-13-8-7-11-5-3-4-6-12(11)13/h3-6,10,13H,2,7-9H2,1H3,(H,18,22)(H,19,20)(H,21,23). The van der Waals surface area contributed by atoms with E-state index in [1.54, 1.807) is 0 Å². The summed E-state index contributed by atoms with van der Waals surface area (Å²) in [7, 11) is 0. The van der Waals surface area contributed by atoms with Gasteiger partial charge in [-0.05, 0) is 30.4 Å². The second-order valence-electron chi connectivity index (χ2n) is 5.65. The molecule has 1 unspecified atom stereocenters. The van der Waals surface area contributed by atoms with Crippen molar-refractivity contribution in [2.75, 3.05) is 6.54 Å². The van der Waals surface area contributed by atoms with Gasteiger partial charge in [-0.3, -0.25) is 9.59 Å². The first-order valence-electron chi connectivity index (χ1n) is 7.91. The van der Waals surface area contributed by atoms with E-state index in [0.717, 1.165) is 24.8 Å². The molecule has 0 bridgehead atoms. The Morgan fingerprint density at radius 2 is 2.13 bits per heavy atom. The Morgan fingerprint density at radius 3 is 2.96 bits per heavy atom. The predicted octanol–water partition coefficient (Wildman–Crippen LogP) is 1.97. The van der Waals surface area contributed by atoms with Crippen molar-refractivity contribution in [2.45, 2.75) is 32.2 Å². The smallest absolute Gasteiger partial charge is 0.272 e. The van der Waals surface area contributed by atoms with Gasteiger partial charge in [-0.25, -0.2) is 4.98 Å². The van der Waals surface area contributed by atoms with E-state index in [1.807, 2.05) is 25.1 Å². The fourth-order valence-corrected chi connectivity index (χ4v) is 2.90. The fourth-order valence-electron chi connectivity index (χ4n) is 2.90. The molecule has 2 amide bonds. The normalized spacial score (nSPS) is 16.0. The molecule has 6 nitrogen and oxygen atoms in total. The van der Waals surface area contributed by atoms with Gasteiger partial charge in [0.05, 0.1) is 12.4 Å². The Balaban J connectivity index is 1.73. The molecule has 0 spiro atoms. The van der Waals surface area contributed by atoms with Crippen LogP contribution in [-0.2, 0) is 6.42 Å². The summed E-state index contributed by atoms with van der Waals surface area (Å²) in [5.74, 6) is -0.629. The highest BCUT2D eigenvalue weighted by Crippen LogP contribution is 2.30. The molecule has 2 aromatic rings. The molecule has 1 atom stereocenters. The molecular weight excluding hydrogens is 292 g/mol. The van der Waals surface area contributed by atoms with Crippen molar-refractivity contribution in [3.8, 4) is 0 Å². The van der Waals surface area contributed by atoms with E-state index in [-0.39, 0.29) is 29.2 Å². The quantitative estimate of drug-likeness (QED) is 0.789. The Hall–Kier alpha value is -2.63. The van der Waals surface area contributed by atoms with Crippen LogP contribution in [0.2, 0.25) is 0 Å². The number of carbonyl (C=O) groups excluding carboxylic acids is 2. The van der Waals surface area contributed by atoms with Crippen molar-refractivity contribution in [3.05, 3.63) is 53.1 Å². The number of nitrogens with zero attached hydrogens (tertiary/aromatic N) is 1. The lowest BCUT2D eigenvalue weighted by molar-refractivity contribution is 0.0904. The van der Waals surface area contributed by atoms with Gasteiger partial charge in [0, 0.05) is 6.54 Å². The number of benzene rings is 1. The molecule has 1 aromatic heterocycles. The lowest BCUT2D eigenvalue weighted by atomic mass is 10.1. The summed E-state index contributed by atoms with van der Waals surface area (Å²) in [6.07, 6.45) is 4.02. The van der Waals surface area contributed by atoms with Gasteiger partial charge in [-0.1, -0.05) is 31.2 Å². The van der Waals surface area contributed by atoms with Crippen LogP contribution in [0.15, 0.2) is 30.6 Å². The van der Waals surface area contributed by atoms with Gasteiger partial charge in [0.1, 0.15) is 5.69 Å². The number of H-pyrrole nitrogens is 1. The average Bonchev–Trinajstić information content (AvgIpc) is 3.20. The maximum atomic E-state index is 12.5. The van der Waals surface area contributed by atoms with E-state index in [9.17, 15) is 9.59 Å². The summed E-state index contributed by atoms with van der Waals surface area (Å²) in [5.41, 5.74) is 2.76. The molecule has 0 aliphatic heterocycles. The maximum absolute atomic E-state index is 12.5. The minimum absolute atomic E-state index is 0.0260. The zero-order valence-electron chi connectivity index (χ0n) is 13.1. The van der Waals surface area contributed by atoms with Crippen LogP contribution in [0.25, 0.3) is 0 Å². The third kappa shape index (κ3) is 3.11. The number of aromatic nitrogens is 2. The molecule has 0 saturated carbocycles. The van der Waals surface area contributed by atoms with Crippen LogP contribution < -0.4 is 10.6 Å². The van der Waals surface area contributed by atoms with Crippen LogP contribution in [-0.4, -0.2) is 28.3 Å². The minimum atomic E-state index is -0.324. The van der Waals surface area contributed by atoms with Crippen molar-refractivity contribution in [3.63, 3.8) is 0 Å². The summed E-state index contributed by atoms with van der Waals surface area (Å²) >= 11 is 0. The van der Waals surface area contributed by atoms with Crippen LogP contribution >= 0.6 is 0 Å². The van der Waals surface area contributed by atoms with Gasteiger partial charge in [0.2, 0.25) is 0 Å². The van der Waals surface area contributed by atoms with E-state index in [1.165, 1.54) is 11.9 Å². The molecule has 6 heteroatoms. The Morgan fingerprint density at radius 1 is 1.30 bits per heavy atom. The van der Waals surface area contributed by atoms with Gasteiger partial charge in [0.25, 0.3) is 11.8 Å². The maximum Gasteiger partial charge on any atom is 0.272 e. The molecule has 0 radical (unpaired) electrons. The molecule has 1 heterocycles. The zero-order valence-corrected chi connectivity index (χ0v) is 13.1. The SMILES string of the molecule is CCCNC(=O)c1[nH]cnc1C(=O)NC1CCc2ccccc21. The van der Waals surface area contributed by atoms with Gasteiger partial charge in [-0.2, -0.15) is 0 Å². The van der Waals surface area contributed by atoms with Gasteiger partial charge >= 0.3 is 0 Å². The Bertz CT molecular complexity index is 723. The molecule has 3 N–H and O–H groups in total. The topological polar surface area (TPSA) is 86.9 Å². The second-order valence-corrected chi connectivity index (χ2v) is 5.65. The zero-order chi connectivity index (χ0) is 16.2. The molecule has 1 aliphatic rings. The molecule has 0 saturated heterocycles. The first-order valence-corrected chi connectivity index (χ1v) is 7.91. The van der Waals surface area contributed by atoms with E-state index in [4.69, 9.17) is 0 Å². The number of aromatic amines is 1. The molecule has 0 fully saturated rings. The molecule has 1 aliphatic carbocycles. The summed E-state index contributed by atoms with van der Waals surface area (Å²) < 4.78 is 0. The first-order chi connectivity index (χ1) is 11.2. The number of fused-ring (bicyclic) bond motifs is 1. The summed E-state index contributed by atoms with van der Waals surface area (Å²) in [4.78, 5) is 31.3. The van der Waals surface area contributed by atoms with Gasteiger partial charge < -0.3 is 15.6 Å². The highest BCUT2D eigenvalue weighted by Gasteiger charge is 2.26. The van der Waals surface area contributed by atoms with Crippen molar-refractivity contribution >= 4 is 11.8 Å². The number of nitrogens with one attached hydrogen (secondary N) is 3. The van der Waals surface area contributed by atoms with Crippen molar-refractivity contribution < 1.29 is 9.59 Å². The fraction of sp³-hybridized carbons (Fsp3) is 0.353. The largest absolute Gasteiger partial charge is 0.351 e. The van der Waals surface area contributed by atoms with Crippen molar-refractivity contribution in [1.82, 2.24) is 20.6 Å². The van der Waals surface area contributed by atoms with Gasteiger partial charge in [0.15, 0.2) is 5.69 Å². The van der Waals surface area contributed by atoms with Crippen LogP contribution in [0.5, 0.6) is 0 Å². The van der Waals surface area contributed by atoms with Gasteiger partial charge in [-0.15, -0.1) is 0 Å².